The van der Waals surface area contributed by atoms with Crippen LogP contribution < -0.4 is 5.73 Å². The van der Waals surface area contributed by atoms with Crippen LogP contribution >= 0.6 is 11.8 Å². The van der Waals surface area contributed by atoms with Gasteiger partial charge in [-0.25, -0.2) is 0 Å². The van der Waals surface area contributed by atoms with E-state index in [0.29, 0.717) is 0 Å². The fourth-order valence-electron chi connectivity index (χ4n) is 2.29. The first kappa shape index (κ1) is 13.7. The van der Waals surface area contributed by atoms with Gasteiger partial charge >= 0.3 is 6.18 Å². The number of halogens is 3. The fraction of sp³-hybridized carbons (Fsp3) is 0.538. The Kier molecular flexibility index (Phi) is 4.22. The largest absolute Gasteiger partial charge is 0.416 e. The van der Waals surface area contributed by atoms with Crippen molar-refractivity contribution in [1.29, 1.82) is 0 Å². The van der Waals surface area contributed by atoms with Gasteiger partial charge in [-0.15, -0.1) is 0 Å². The van der Waals surface area contributed by atoms with E-state index in [4.69, 9.17) is 5.73 Å². The quantitative estimate of drug-likeness (QED) is 0.883. The number of hydrogen-bond donors (Lipinski definition) is 1. The van der Waals surface area contributed by atoms with Gasteiger partial charge in [0, 0.05) is 11.3 Å². The van der Waals surface area contributed by atoms with Crippen LogP contribution in [0.25, 0.3) is 0 Å². The second-order valence-corrected chi connectivity index (χ2v) is 5.86. The van der Waals surface area contributed by atoms with Crippen molar-refractivity contribution in [2.45, 2.75) is 36.7 Å². The molecule has 0 aromatic heterocycles. The minimum absolute atomic E-state index is 0.0993. The number of thioether (sulfide) groups is 1. The Morgan fingerprint density at radius 2 is 1.94 bits per heavy atom. The molecule has 1 saturated heterocycles. The molecule has 1 fully saturated rings. The lowest BCUT2D eigenvalue weighted by molar-refractivity contribution is -0.138. The van der Waals surface area contributed by atoms with Gasteiger partial charge in [0.05, 0.1) is 5.56 Å². The highest BCUT2D eigenvalue weighted by Crippen LogP contribution is 2.39. The van der Waals surface area contributed by atoms with Gasteiger partial charge in [0.15, 0.2) is 0 Å². The van der Waals surface area contributed by atoms with E-state index in [1.807, 2.05) is 0 Å². The topological polar surface area (TPSA) is 26.0 Å². The van der Waals surface area contributed by atoms with Crippen LogP contribution in [0.2, 0.25) is 0 Å². The summed E-state index contributed by atoms with van der Waals surface area (Å²) in [7, 11) is 0. The molecular weight excluding hydrogens is 259 g/mol. The zero-order valence-corrected chi connectivity index (χ0v) is 10.7. The Bertz CT molecular complexity index is 399. The summed E-state index contributed by atoms with van der Waals surface area (Å²) in [5, 5.41) is 0.0993. The maximum absolute atomic E-state index is 12.9. The molecule has 0 radical (unpaired) electrons. The number of benzene rings is 1. The van der Waals surface area contributed by atoms with E-state index in [-0.39, 0.29) is 10.8 Å². The van der Waals surface area contributed by atoms with Crippen molar-refractivity contribution in [1.82, 2.24) is 0 Å². The van der Waals surface area contributed by atoms with Gasteiger partial charge in [0.1, 0.15) is 0 Å². The first-order valence-corrected chi connectivity index (χ1v) is 7.08. The molecule has 1 aliphatic rings. The lowest BCUT2D eigenvalue weighted by atomic mass is 9.95. The maximum atomic E-state index is 12.9. The molecule has 0 bridgehead atoms. The van der Waals surface area contributed by atoms with E-state index < -0.39 is 17.8 Å². The van der Waals surface area contributed by atoms with E-state index in [2.05, 4.69) is 0 Å². The molecule has 2 atom stereocenters. The highest BCUT2D eigenvalue weighted by atomic mass is 32.2. The van der Waals surface area contributed by atoms with Crippen LogP contribution in [0.4, 0.5) is 13.2 Å². The summed E-state index contributed by atoms with van der Waals surface area (Å²) in [6.07, 6.45) is -1.24. The van der Waals surface area contributed by atoms with E-state index in [1.54, 1.807) is 17.8 Å². The second kappa shape index (κ2) is 5.53. The summed E-state index contributed by atoms with van der Waals surface area (Å²) in [6, 6.07) is 5.11. The summed E-state index contributed by atoms with van der Waals surface area (Å²) in [6.45, 7) is 0. The molecule has 18 heavy (non-hydrogen) atoms. The van der Waals surface area contributed by atoms with Gasteiger partial charge in [-0.2, -0.15) is 24.9 Å². The highest BCUT2D eigenvalue weighted by molar-refractivity contribution is 8.00. The summed E-state index contributed by atoms with van der Waals surface area (Å²) < 4.78 is 38.7. The molecule has 0 aliphatic carbocycles. The first-order chi connectivity index (χ1) is 8.50. The molecule has 100 valence electrons. The van der Waals surface area contributed by atoms with Crippen LogP contribution in [0.5, 0.6) is 0 Å². The third kappa shape index (κ3) is 3.01. The summed E-state index contributed by atoms with van der Waals surface area (Å²) in [5.74, 6) is 0.993. The number of alkyl halides is 3. The number of nitrogens with two attached hydrogens (primary N) is 1. The van der Waals surface area contributed by atoms with Crippen molar-refractivity contribution in [3.63, 3.8) is 0 Å². The van der Waals surface area contributed by atoms with Crippen LogP contribution in [-0.2, 0) is 6.18 Å². The standard InChI is InChI=1S/C13H16F3NS/c14-13(15,16)10-6-2-1-5-9(10)12(17)11-7-3-4-8-18-11/h1-2,5-6,11-12H,3-4,7-8,17H2. The van der Waals surface area contributed by atoms with Crippen molar-refractivity contribution in [3.8, 4) is 0 Å². The van der Waals surface area contributed by atoms with Gasteiger partial charge in [0.2, 0.25) is 0 Å². The molecule has 1 aliphatic heterocycles. The predicted octanol–water partition coefficient (Wildman–Crippen LogP) is 3.99. The molecule has 2 unspecified atom stereocenters. The Hall–Kier alpha value is -0.680. The molecule has 5 heteroatoms. The van der Waals surface area contributed by atoms with Crippen molar-refractivity contribution in [2.75, 3.05) is 5.75 Å². The van der Waals surface area contributed by atoms with Gasteiger partial charge < -0.3 is 5.73 Å². The lowest BCUT2D eigenvalue weighted by Crippen LogP contribution is -2.28. The average molecular weight is 275 g/mol. The molecule has 2 N–H and O–H groups in total. The Balaban J connectivity index is 2.26. The molecular formula is C13H16F3NS. The minimum atomic E-state index is -4.33. The van der Waals surface area contributed by atoms with E-state index >= 15 is 0 Å². The Morgan fingerprint density at radius 3 is 2.56 bits per heavy atom. The zero-order chi connectivity index (χ0) is 13.2. The first-order valence-electron chi connectivity index (χ1n) is 6.03. The average Bonchev–Trinajstić information content (AvgIpc) is 2.38. The van der Waals surface area contributed by atoms with Gasteiger partial charge in [0.25, 0.3) is 0 Å². The van der Waals surface area contributed by atoms with Gasteiger partial charge in [-0.3, -0.25) is 0 Å². The molecule has 1 nitrogen and oxygen atoms in total. The van der Waals surface area contributed by atoms with Gasteiger partial charge in [-0.05, 0) is 30.2 Å². The monoisotopic (exact) mass is 275 g/mol. The van der Waals surface area contributed by atoms with Crippen molar-refractivity contribution < 1.29 is 13.2 Å². The summed E-state index contributed by atoms with van der Waals surface area (Å²) >= 11 is 1.69. The number of rotatable bonds is 2. The van der Waals surface area contributed by atoms with Crippen molar-refractivity contribution in [3.05, 3.63) is 35.4 Å². The Labute approximate surface area is 109 Å². The van der Waals surface area contributed by atoms with Crippen LogP contribution in [0.1, 0.15) is 36.4 Å². The van der Waals surface area contributed by atoms with Crippen LogP contribution in [0.15, 0.2) is 24.3 Å². The third-order valence-electron chi connectivity index (χ3n) is 3.24. The maximum Gasteiger partial charge on any atom is 0.416 e. The van der Waals surface area contributed by atoms with Crippen LogP contribution in [0, 0.1) is 0 Å². The molecule has 2 rings (SSSR count). The number of hydrogen-bond acceptors (Lipinski definition) is 2. The second-order valence-electron chi connectivity index (χ2n) is 4.52. The molecule has 0 spiro atoms. The Morgan fingerprint density at radius 1 is 1.22 bits per heavy atom. The van der Waals surface area contributed by atoms with Crippen molar-refractivity contribution in [2.24, 2.45) is 5.73 Å². The highest BCUT2D eigenvalue weighted by Gasteiger charge is 2.36. The van der Waals surface area contributed by atoms with E-state index in [9.17, 15) is 13.2 Å². The van der Waals surface area contributed by atoms with Gasteiger partial charge in [-0.1, -0.05) is 24.6 Å². The zero-order valence-electron chi connectivity index (χ0n) is 9.91. The van der Waals surface area contributed by atoms with Crippen LogP contribution in [0.3, 0.4) is 0 Å². The molecule has 1 aromatic rings. The summed E-state index contributed by atoms with van der Waals surface area (Å²) in [5.41, 5.74) is 5.68. The molecule has 0 saturated carbocycles. The summed E-state index contributed by atoms with van der Waals surface area (Å²) in [4.78, 5) is 0. The molecule has 1 heterocycles. The minimum Gasteiger partial charge on any atom is -0.323 e. The molecule has 0 amide bonds. The predicted molar refractivity (Wildman–Crippen MR) is 68.5 cm³/mol. The van der Waals surface area contributed by atoms with Crippen LogP contribution in [-0.4, -0.2) is 11.0 Å². The normalized spacial score (nSPS) is 22.8. The third-order valence-corrected chi connectivity index (χ3v) is 4.72. The molecule has 1 aromatic carbocycles. The van der Waals surface area contributed by atoms with E-state index in [0.717, 1.165) is 31.1 Å². The SMILES string of the molecule is NC(c1ccccc1C(F)(F)F)C1CCCCS1. The smallest absolute Gasteiger partial charge is 0.323 e. The fourth-order valence-corrected chi connectivity index (χ4v) is 3.66. The van der Waals surface area contributed by atoms with Crippen molar-refractivity contribution >= 4 is 11.8 Å². The van der Waals surface area contributed by atoms with E-state index in [1.165, 1.54) is 12.1 Å². The lowest BCUT2D eigenvalue weighted by Gasteiger charge is -2.29.